The molecule has 2 N–H and O–H groups in total. The first-order valence-electron chi connectivity index (χ1n) is 7.66. The van der Waals surface area contributed by atoms with Crippen LogP contribution in [0.15, 0.2) is 24.3 Å². The van der Waals surface area contributed by atoms with Crippen molar-refractivity contribution in [2.75, 3.05) is 0 Å². The lowest BCUT2D eigenvalue weighted by atomic mass is 9.82. The molecule has 0 heterocycles. The van der Waals surface area contributed by atoms with E-state index in [0.717, 1.165) is 12.8 Å². The molecule has 0 spiro atoms. The van der Waals surface area contributed by atoms with E-state index in [2.05, 4.69) is 58.9 Å². The van der Waals surface area contributed by atoms with Gasteiger partial charge < -0.3 is 5.73 Å². The molecule has 108 valence electrons. The fourth-order valence-corrected chi connectivity index (χ4v) is 2.92. The summed E-state index contributed by atoms with van der Waals surface area (Å²) in [5.41, 5.74) is 9.43. The van der Waals surface area contributed by atoms with Crippen molar-refractivity contribution in [1.82, 2.24) is 0 Å². The molecule has 19 heavy (non-hydrogen) atoms. The first-order chi connectivity index (χ1) is 8.81. The molecule has 2 unspecified atom stereocenters. The number of aryl methyl sites for hydroxylation is 1. The lowest BCUT2D eigenvalue weighted by molar-refractivity contribution is 0.286. The summed E-state index contributed by atoms with van der Waals surface area (Å²) in [7, 11) is 0. The van der Waals surface area contributed by atoms with E-state index in [-0.39, 0.29) is 6.04 Å². The molecule has 0 aliphatic heterocycles. The zero-order valence-electron chi connectivity index (χ0n) is 13.4. The Morgan fingerprint density at radius 3 is 2.16 bits per heavy atom. The zero-order valence-corrected chi connectivity index (χ0v) is 13.4. The molecule has 2 atom stereocenters. The second kappa shape index (κ2) is 7.09. The minimum Gasteiger partial charge on any atom is -0.324 e. The third-order valence-corrected chi connectivity index (χ3v) is 3.56. The monoisotopic (exact) mass is 261 g/mol. The Labute approximate surface area is 119 Å². The fraction of sp³-hybridized carbons (Fsp3) is 0.667. The smallest absolute Gasteiger partial charge is 0.0297 e. The van der Waals surface area contributed by atoms with E-state index in [0.29, 0.717) is 11.3 Å². The van der Waals surface area contributed by atoms with Gasteiger partial charge in [0.1, 0.15) is 0 Å². The van der Waals surface area contributed by atoms with Crippen molar-refractivity contribution in [3.8, 4) is 0 Å². The largest absolute Gasteiger partial charge is 0.324 e. The maximum absolute atomic E-state index is 6.34. The van der Waals surface area contributed by atoms with Crippen molar-refractivity contribution in [3.05, 3.63) is 35.4 Å². The van der Waals surface area contributed by atoms with Gasteiger partial charge in [-0.25, -0.2) is 0 Å². The van der Waals surface area contributed by atoms with Gasteiger partial charge in [-0.3, -0.25) is 0 Å². The van der Waals surface area contributed by atoms with Crippen LogP contribution in [0.1, 0.15) is 71.0 Å². The highest BCUT2D eigenvalue weighted by Crippen LogP contribution is 2.29. The predicted octanol–water partition coefficient (Wildman–Crippen LogP) is 5.10. The Balaban J connectivity index is 2.55. The number of hydrogen-bond donors (Lipinski definition) is 1. The van der Waals surface area contributed by atoms with Crippen LogP contribution in [0.25, 0.3) is 0 Å². The number of benzene rings is 1. The molecule has 0 aromatic heterocycles. The summed E-state index contributed by atoms with van der Waals surface area (Å²) < 4.78 is 0. The van der Waals surface area contributed by atoms with Gasteiger partial charge in [0.25, 0.3) is 0 Å². The molecule has 0 fully saturated rings. The van der Waals surface area contributed by atoms with Gasteiger partial charge in [-0.05, 0) is 41.7 Å². The number of nitrogens with two attached hydrogens (primary N) is 1. The molecule has 1 aromatic carbocycles. The van der Waals surface area contributed by atoms with Crippen molar-refractivity contribution in [3.63, 3.8) is 0 Å². The Bertz CT molecular complexity index is 358. The van der Waals surface area contributed by atoms with Crippen LogP contribution in [-0.2, 0) is 6.42 Å². The summed E-state index contributed by atoms with van der Waals surface area (Å²) in [5, 5.41) is 0. The first kappa shape index (κ1) is 16.2. The second-order valence-corrected chi connectivity index (χ2v) is 7.20. The fourth-order valence-electron chi connectivity index (χ4n) is 2.92. The average Bonchev–Trinajstić information content (AvgIpc) is 2.27. The van der Waals surface area contributed by atoms with Gasteiger partial charge in [-0.1, -0.05) is 65.3 Å². The van der Waals surface area contributed by atoms with E-state index in [9.17, 15) is 0 Å². The Kier molecular flexibility index (Phi) is 6.06. The summed E-state index contributed by atoms with van der Waals surface area (Å²) in [6, 6.07) is 9.05. The third-order valence-electron chi connectivity index (χ3n) is 3.56. The normalized spacial score (nSPS) is 15.3. The van der Waals surface area contributed by atoms with E-state index in [1.807, 2.05) is 0 Å². The highest BCUT2D eigenvalue weighted by molar-refractivity contribution is 5.25. The molecule has 1 heteroatoms. The molecule has 0 aliphatic carbocycles. The van der Waals surface area contributed by atoms with Crippen molar-refractivity contribution < 1.29 is 0 Å². The van der Waals surface area contributed by atoms with Gasteiger partial charge in [0.15, 0.2) is 0 Å². The van der Waals surface area contributed by atoms with Gasteiger partial charge in [0.05, 0.1) is 0 Å². The quantitative estimate of drug-likeness (QED) is 0.757. The first-order valence-corrected chi connectivity index (χ1v) is 7.66. The van der Waals surface area contributed by atoms with E-state index >= 15 is 0 Å². The average molecular weight is 261 g/mol. The van der Waals surface area contributed by atoms with Crippen molar-refractivity contribution in [2.45, 2.75) is 66.3 Å². The third kappa shape index (κ3) is 6.24. The lowest BCUT2D eigenvalue weighted by Gasteiger charge is -2.25. The molecular weight excluding hydrogens is 230 g/mol. The standard InChI is InChI=1S/C18H31N/c1-6-7-15-8-10-16(11-9-15)17(19)12-14(2)13-18(3,4)5/h8-11,14,17H,6-7,12-13,19H2,1-5H3. The van der Waals surface area contributed by atoms with E-state index in [1.54, 1.807) is 0 Å². The van der Waals surface area contributed by atoms with Gasteiger partial charge in [-0.15, -0.1) is 0 Å². The molecule has 0 amide bonds. The molecule has 0 saturated carbocycles. The van der Waals surface area contributed by atoms with E-state index in [4.69, 9.17) is 5.73 Å². The van der Waals surface area contributed by atoms with Gasteiger partial charge in [0.2, 0.25) is 0 Å². The summed E-state index contributed by atoms with van der Waals surface area (Å²) >= 11 is 0. The maximum Gasteiger partial charge on any atom is 0.0297 e. The second-order valence-electron chi connectivity index (χ2n) is 7.20. The summed E-state index contributed by atoms with van der Waals surface area (Å²) in [6.45, 7) is 11.4. The Morgan fingerprint density at radius 2 is 1.68 bits per heavy atom. The molecule has 1 nitrogen and oxygen atoms in total. The van der Waals surface area contributed by atoms with Crippen LogP contribution >= 0.6 is 0 Å². The number of hydrogen-bond acceptors (Lipinski definition) is 1. The summed E-state index contributed by atoms with van der Waals surface area (Å²) in [4.78, 5) is 0. The van der Waals surface area contributed by atoms with Crippen molar-refractivity contribution in [1.29, 1.82) is 0 Å². The van der Waals surface area contributed by atoms with Crippen LogP contribution in [0.4, 0.5) is 0 Å². The highest BCUT2D eigenvalue weighted by Gasteiger charge is 2.18. The van der Waals surface area contributed by atoms with Crippen molar-refractivity contribution >= 4 is 0 Å². The topological polar surface area (TPSA) is 26.0 Å². The zero-order chi connectivity index (χ0) is 14.5. The molecule has 0 bridgehead atoms. The van der Waals surface area contributed by atoms with Crippen molar-refractivity contribution in [2.24, 2.45) is 17.1 Å². The molecule has 0 saturated heterocycles. The molecule has 1 aromatic rings. The lowest BCUT2D eigenvalue weighted by Crippen LogP contribution is -2.18. The van der Waals surface area contributed by atoms with Crippen LogP contribution in [-0.4, -0.2) is 0 Å². The Morgan fingerprint density at radius 1 is 1.11 bits per heavy atom. The van der Waals surface area contributed by atoms with Crippen LogP contribution < -0.4 is 5.73 Å². The maximum atomic E-state index is 6.34. The minimum absolute atomic E-state index is 0.174. The molecule has 0 radical (unpaired) electrons. The predicted molar refractivity (Wildman–Crippen MR) is 85.2 cm³/mol. The van der Waals surface area contributed by atoms with E-state index < -0.39 is 0 Å². The SMILES string of the molecule is CCCc1ccc(C(N)CC(C)CC(C)(C)C)cc1. The van der Waals surface area contributed by atoms with Gasteiger partial charge in [-0.2, -0.15) is 0 Å². The number of rotatable bonds is 6. The minimum atomic E-state index is 0.174. The molecule has 1 rings (SSSR count). The van der Waals surface area contributed by atoms with Crippen LogP contribution in [0.5, 0.6) is 0 Å². The van der Waals surface area contributed by atoms with Gasteiger partial charge >= 0.3 is 0 Å². The summed E-state index contributed by atoms with van der Waals surface area (Å²) in [6.07, 6.45) is 4.67. The van der Waals surface area contributed by atoms with Crippen LogP contribution in [0, 0.1) is 11.3 Å². The Hall–Kier alpha value is -0.820. The van der Waals surface area contributed by atoms with Crippen LogP contribution in [0.2, 0.25) is 0 Å². The summed E-state index contributed by atoms with van der Waals surface area (Å²) in [5.74, 6) is 0.672. The highest BCUT2D eigenvalue weighted by atomic mass is 14.6. The molecule has 0 aliphatic rings. The molecular formula is C18H31N. The van der Waals surface area contributed by atoms with Crippen LogP contribution in [0.3, 0.4) is 0 Å². The van der Waals surface area contributed by atoms with E-state index in [1.165, 1.54) is 24.0 Å². The van der Waals surface area contributed by atoms with Gasteiger partial charge in [0, 0.05) is 6.04 Å².